The second-order valence-corrected chi connectivity index (χ2v) is 7.73. The minimum absolute atomic E-state index is 0.105. The fourth-order valence-electron chi connectivity index (χ4n) is 4.15. The van der Waals surface area contributed by atoms with Gasteiger partial charge < -0.3 is 10.6 Å². The lowest BCUT2D eigenvalue weighted by molar-refractivity contribution is 0.0963. The molecule has 1 unspecified atom stereocenters. The Morgan fingerprint density at radius 3 is 2.94 bits per heavy atom. The number of carbonyl (C=O) groups excluding carboxylic acids is 1. The van der Waals surface area contributed by atoms with Gasteiger partial charge in [-0.2, -0.15) is 10.4 Å². The molecule has 1 amide bonds. The molecule has 0 saturated heterocycles. The van der Waals surface area contributed by atoms with Gasteiger partial charge >= 0.3 is 0 Å². The molecule has 31 heavy (non-hydrogen) atoms. The zero-order valence-corrected chi connectivity index (χ0v) is 17.5. The highest BCUT2D eigenvalue weighted by molar-refractivity contribution is 5.95. The van der Waals surface area contributed by atoms with E-state index in [4.69, 9.17) is 0 Å². The summed E-state index contributed by atoms with van der Waals surface area (Å²) in [5.41, 5.74) is 2.91. The molecule has 0 aliphatic heterocycles. The predicted octanol–water partition coefficient (Wildman–Crippen LogP) is 4.09. The van der Waals surface area contributed by atoms with E-state index in [1.165, 1.54) is 12.8 Å². The largest absolute Gasteiger partial charge is 0.355 e. The Morgan fingerprint density at radius 2 is 2.16 bits per heavy atom. The van der Waals surface area contributed by atoms with E-state index in [0.29, 0.717) is 23.9 Å². The second-order valence-electron chi connectivity index (χ2n) is 7.73. The normalized spacial score (nSPS) is 14.7. The third kappa shape index (κ3) is 4.72. The van der Waals surface area contributed by atoms with Crippen LogP contribution in [0.5, 0.6) is 0 Å². The van der Waals surface area contributed by atoms with Crippen LogP contribution in [0.25, 0.3) is 11.3 Å². The van der Waals surface area contributed by atoms with E-state index in [0.717, 1.165) is 29.8 Å². The van der Waals surface area contributed by atoms with Crippen LogP contribution in [0.4, 0.5) is 11.6 Å². The Balaban J connectivity index is 1.54. The fourth-order valence-corrected chi connectivity index (χ4v) is 4.15. The van der Waals surface area contributed by atoms with Crippen LogP contribution in [0, 0.1) is 17.2 Å². The lowest BCUT2D eigenvalue weighted by atomic mass is 9.96. The van der Waals surface area contributed by atoms with Gasteiger partial charge in [-0.05, 0) is 43.0 Å². The number of anilines is 2. The number of carbonyl (C=O) groups is 1. The standard InChI is InChI=1S/C23H25N7O/c1-25-22(31)17-7-4-8-19(13-17)28-23-26-12-10-20(29-23)18-14-27-30(15-18)21(9-11-24)16-5-2-3-6-16/h4,7-8,10,12-16,21H,2-3,5-6,9H2,1H3,(H,25,31)(H,26,28,29). The highest BCUT2D eigenvalue weighted by Crippen LogP contribution is 2.36. The maximum atomic E-state index is 11.9. The maximum Gasteiger partial charge on any atom is 0.251 e. The van der Waals surface area contributed by atoms with E-state index in [-0.39, 0.29) is 11.9 Å². The van der Waals surface area contributed by atoms with E-state index in [2.05, 4.69) is 31.8 Å². The van der Waals surface area contributed by atoms with Gasteiger partial charge in [0.15, 0.2) is 0 Å². The van der Waals surface area contributed by atoms with Gasteiger partial charge in [0.25, 0.3) is 5.91 Å². The van der Waals surface area contributed by atoms with E-state index < -0.39 is 0 Å². The molecule has 0 spiro atoms. The van der Waals surface area contributed by atoms with Crippen LogP contribution in [0.3, 0.4) is 0 Å². The van der Waals surface area contributed by atoms with E-state index in [1.807, 2.05) is 23.0 Å². The zero-order chi connectivity index (χ0) is 21.6. The molecule has 158 valence electrons. The van der Waals surface area contributed by atoms with Crippen LogP contribution in [-0.4, -0.2) is 32.7 Å². The Bertz CT molecular complexity index is 1100. The van der Waals surface area contributed by atoms with Crippen LogP contribution in [0.1, 0.15) is 48.5 Å². The summed E-state index contributed by atoms with van der Waals surface area (Å²) in [6, 6.07) is 11.4. The van der Waals surface area contributed by atoms with Crippen molar-refractivity contribution in [3.05, 3.63) is 54.5 Å². The van der Waals surface area contributed by atoms with Gasteiger partial charge in [0.2, 0.25) is 5.95 Å². The average Bonchev–Trinajstić information content (AvgIpc) is 3.50. The monoisotopic (exact) mass is 415 g/mol. The van der Waals surface area contributed by atoms with Crippen molar-refractivity contribution in [2.75, 3.05) is 12.4 Å². The molecule has 4 rings (SSSR count). The van der Waals surface area contributed by atoms with Gasteiger partial charge in [-0.1, -0.05) is 18.9 Å². The van der Waals surface area contributed by atoms with Crippen molar-refractivity contribution in [3.8, 4) is 17.3 Å². The number of amides is 1. The summed E-state index contributed by atoms with van der Waals surface area (Å²) >= 11 is 0. The van der Waals surface area contributed by atoms with Crippen molar-refractivity contribution in [2.45, 2.75) is 38.1 Å². The highest BCUT2D eigenvalue weighted by Gasteiger charge is 2.27. The molecule has 2 aromatic heterocycles. The molecule has 3 aromatic rings. The van der Waals surface area contributed by atoms with Crippen molar-refractivity contribution >= 4 is 17.5 Å². The number of nitrogens with one attached hydrogen (secondary N) is 2. The van der Waals surface area contributed by atoms with Crippen LogP contribution >= 0.6 is 0 Å². The molecule has 1 aliphatic rings. The van der Waals surface area contributed by atoms with Crippen LogP contribution < -0.4 is 10.6 Å². The highest BCUT2D eigenvalue weighted by atomic mass is 16.1. The number of nitrogens with zero attached hydrogens (tertiary/aromatic N) is 5. The summed E-state index contributed by atoms with van der Waals surface area (Å²) in [4.78, 5) is 20.8. The Labute approximate surface area is 181 Å². The Kier molecular flexibility index (Phi) is 6.22. The molecule has 2 heterocycles. The first-order valence-corrected chi connectivity index (χ1v) is 10.5. The summed E-state index contributed by atoms with van der Waals surface area (Å²) in [7, 11) is 1.60. The summed E-state index contributed by atoms with van der Waals surface area (Å²) in [5.74, 6) is 0.784. The number of benzene rings is 1. The molecule has 8 nitrogen and oxygen atoms in total. The van der Waals surface area contributed by atoms with Crippen molar-refractivity contribution in [1.29, 1.82) is 5.26 Å². The lowest BCUT2D eigenvalue weighted by Crippen LogP contribution is -2.17. The van der Waals surface area contributed by atoms with Gasteiger partial charge in [-0.25, -0.2) is 9.97 Å². The molecule has 1 atom stereocenters. The quantitative estimate of drug-likeness (QED) is 0.602. The third-order valence-electron chi connectivity index (χ3n) is 5.75. The second kappa shape index (κ2) is 9.39. The first-order chi connectivity index (χ1) is 15.2. The van der Waals surface area contributed by atoms with E-state index in [9.17, 15) is 10.1 Å². The smallest absolute Gasteiger partial charge is 0.251 e. The maximum absolute atomic E-state index is 11.9. The summed E-state index contributed by atoms with van der Waals surface area (Å²) < 4.78 is 1.93. The van der Waals surface area contributed by atoms with Crippen LogP contribution in [0.15, 0.2) is 48.9 Å². The first-order valence-electron chi connectivity index (χ1n) is 10.5. The van der Waals surface area contributed by atoms with Crippen molar-refractivity contribution < 1.29 is 4.79 Å². The zero-order valence-electron chi connectivity index (χ0n) is 17.5. The number of nitriles is 1. The van der Waals surface area contributed by atoms with Gasteiger partial charge in [0, 0.05) is 36.3 Å². The summed E-state index contributed by atoms with van der Waals surface area (Å²) in [5, 5.41) is 19.6. The molecule has 1 saturated carbocycles. The minimum Gasteiger partial charge on any atom is -0.355 e. The molecule has 1 aliphatic carbocycles. The molecule has 8 heteroatoms. The number of aromatic nitrogens is 4. The van der Waals surface area contributed by atoms with Crippen LogP contribution in [0.2, 0.25) is 0 Å². The predicted molar refractivity (Wildman–Crippen MR) is 118 cm³/mol. The molecule has 1 aromatic carbocycles. The number of hydrogen-bond donors (Lipinski definition) is 2. The van der Waals surface area contributed by atoms with E-state index >= 15 is 0 Å². The molecule has 0 bridgehead atoms. The lowest BCUT2D eigenvalue weighted by Gasteiger charge is -2.21. The fraction of sp³-hybridized carbons (Fsp3) is 0.348. The topological polar surface area (TPSA) is 109 Å². The SMILES string of the molecule is CNC(=O)c1cccc(Nc2nccc(-c3cnn(C(CC#N)C4CCCC4)c3)n2)c1. The minimum atomic E-state index is -0.153. The van der Waals surface area contributed by atoms with Crippen molar-refractivity contribution in [3.63, 3.8) is 0 Å². The number of rotatable bonds is 7. The van der Waals surface area contributed by atoms with Crippen LogP contribution in [-0.2, 0) is 0 Å². The molecular weight excluding hydrogens is 390 g/mol. The summed E-state index contributed by atoms with van der Waals surface area (Å²) in [6.07, 6.45) is 10.7. The molecule has 1 fully saturated rings. The van der Waals surface area contributed by atoms with Gasteiger partial charge in [-0.15, -0.1) is 0 Å². The van der Waals surface area contributed by atoms with Gasteiger partial charge in [0.05, 0.1) is 30.4 Å². The average molecular weight is 416 g/mol. The van der Waals surface area contributed by atoms with Crippen molar-refractivity contribution in [1.82, 2.24) is 25.1 Å². The third-order valence-corrected chi connectivity index (χ3v) is 5.75. The Hall–Kier alpha value is -3.73. The first kappa shape index (κ1) is 20.5. The Morgan fingerprint density at radius 1 is 1.32 bits per heavy atom. The van der Waals surface area contributed by atoms with E-state index in [1.54, 1.807) is 37.6 Å². The van der Waals surface area contributed by atoms with Gasteiger partial charge in [-0.3, -0.25) is 9.48 Å². The molecule has 2 N–H and O–H groups in total. The van der Waals surface area contributed by atoms with Crippen molar-refractivity contribution in [2.24, 2.45) is 5.92 Å². The summed E-state index contributed by atoms with van der Waals surface area (Å²) in [6.45, 7) is 0. The number of hydrogen-bond acceptors (Lipinski definition) is 6. The molecular formula is C23H25N7O. The van der Waals surface area contributed by atoms with Gasteiger partial charge in [0.1, 0.15) is 0 Å². The molecule has 0 radical (unpaired) electrons.